The van der Waals surface area contributed by atoms with Crippen LogP contribution in [0, 0.1) is 5.82 Å². The van der Waals surface area contributed by atoms with Gasteiger partial charge in [-0.25, -0.2) is 4.39 Å². The molecule has 128 valence electrons. The number of hydrogen-bond acceptors (Lipinski definition) is 3. The fourth-order valence-corrected chi connectivity index (χ4v) is 3.47. The Labute approximate surface area is 142 Å². The molecule has 1 aliphatic heterocycles. The van der Waals surface area contributed by atoms with Gasteiger partial charge in [-0.05, 0) is 37.1 Å². The van der Waals surface area contributed by atoms with Gasteiger partial charge < -0.3 is 15.4 Å². The lowest BCUT2D eigenvalue weighted by Crippen LogP contribution is -2.48. The van der Waals surface area contributed by atoms with Crippen molar-refractivity contribution in [2.75, 3.05) is 39.6 Å². The van der Waals surface area contributed by atoms with E-state index in [0.29, 0.717) is 13.0 Å². The van der Waals surface area contributed by atoms with Crippen LogP contribution >= 0.6 is 11.8 Å². The first kappa shape index (κ1) is 18.1. The first-order chi connectivity index (χ1) is 11.2. The number of aliphatic imine (C=N–C) groups is 1. The largest absolute Gasteiger partial charge is 0.381 e. The molecule has 6 heteroatoms. The summed E-state index contributed by atoms with van der Waals surface area (Å²) in [4.78, 5) is 4.25. The van der Waals surface area contributed by atoms with Crippen molar-refractivity contribution in [2.45, 2.75) is 24.0 Å². The van der Waals surface area contributed by atoms with Gasteiger partial charge in [-0.1, -0.05) is 18.2 Å². The lowest BCUT2D eigenvalue weighted by atomic mass is 9.99. The molecule has 0 saturated carbocycles. The zero-order valence-corrected chi connectivity index (χ0v) is 14.7. The smallest absolute Gasteiger partial charge is 0.191 e. The summed E-state index contributed by atoms with van der Waals surface area (Å²) >= 11 is 1.89. The molecular weight excluding hydrogens is 313 g/mol. The molecule has 0 atom stereocenters. The van der Waals surface area contributed by atoms with E-state index >= 15 is 0 Å². The lowest BCUT2D eigenvalue weighted by Gasteiger charge is -2.36. The first-order valence-electron chi connectivity index (χ1n) is 8.00. The third kappa shape index (κ3) is 5.39. The second-order valence-electron chi connectivity index (χ2n) is 5.69. The molecule has 1 saturated heterocycles. The Kier molecular flexibility index (Phi) is 7.17. The van der Waals surface area contributed by atoms with E-state index in [1.54, 1.807) is 13.1 Å². The van der Waals surface area contributed by atoms with Crippen molar-refractivity contribution in [3.05, 3.63) is 35.6 Å². The van der Waals surface area contributed by atoms with Crippen LogP contribution in [0.2, 0.25) is 0 Å². The highest BCUT2D eigenvalue weighted by Gasteiger charge is 2.31. The van der Waals surface area contributed by atoms with Crippen LogP contribution in [0.1, 0.15) is 18.4 Å². The lowest BCUT2D eigenvalue weighted by molar-refractivity contribution is 0.0783. The van der Waals surface area contributed by atoms with E-state index in [-0.39, 0.29) is 10.6 Å². The number of ether oxygens (including phenoxy) is 1. The Balaban J connectivity index is 1.78. The van der Waals surface area contributed by atoms with Crippen LogP contribution in [-0.4, -0.2) is 50.3 Å². The number of rotatable bonds is 6. The van der Waals surface area contributed by atoms with Crippen LogP contribution in [-0.2, 0) is 11.2 Å². The predicted octanol–water partition coefficient (Wildman–Crippen LogP) is 2.45. The molecule has 0 aromatic heterocycles. The Morgan fingerprint density at radius 3 is 2.70 bits per heavy atom. The van der Waals surface area contributed by atoms with Gasteiger partial charge in [0.25, 0.3) is 0 Å². The monoisotopic (exact) mass is 339 g/mol. The van der Waals surface area contributed by atoms with E-state index < -0.39 is 0 Å². The summed E-state index contributed by atoms with van der Waals surface area (Å²) in [6.07, 6.45) is 4.89. The molecular formula is C17H26FN3OS. The van der Waals surface area contributed by atoms with Crippen molar-refractivity contribution < 1.29 is 9.13 Å². The highest BCUT2D eigenvalue weighted by molar-refractivity contribution is 8.00. The molecule has 4 nitrogen and oxygen atoms in total. The summed E-state index contributed by atoms with van der Waals surface area (Å²) < 4.78 is 19.3. The first-order valence-corrected chi connectivity index (χ1v) is 9.22. The Morgan fingerprint density at radius 2 is 2.04 bits per heavy atom. The zero-order chi connectivity index (χ0) is 16.5. The van der Waals surface area contributed by atoms with Gasteiger partial charge in [-0.15, -0.1) is 0 Å². The number of benzene rings is 1. The minimum absolute atomic E-state index is 0.152. The molecule has 23 heavy (non-hydrogen) atoms. The third-order valence-corrected chi connectivity index (χ3v) is 5.70. The van der Waals surface area contributed by atoms with Crippen LogP contribution < -0.4 is 10.6 Å². The number of nitrogens with zero attached hydrogens (tertiary/aromatic N) is 1. The van der Waals surface area contributed by atoms with E-state index in [9.17, 15) is 4.39 Å². The summed E-state index contributed by atoms with van der Waals surface area (Å²) in [6, 6.07) is 6.88. The van der Waals surface area contributed by atoms with E-state index in [2.05, 4.69) is 21.9 Å². The molecule has 2 rings (SSSR count). The molecule has 0 spiro atoms. The maximum atomic E-state index is 13.6. The third-order valence-electron chi connectivity index (χ3n) is 4.28. The van der Waals surface area contributed by atoms with Gasteiger partial charge in [0, 0.05) is 38.1 Å². The maximum absolute atomic E-state index is 13.6. The molecule has 1 fully saturated rings. The van der Waals surface area contributed by atoms with Crippen LogP contribution in [0.15, 0.2) is 29.3 Å². The Hall–Kier alpha value is -1.27. The summed E-state index contributed by atoms with van der Waals surface area (Å²) in [5.41, 5.74) is 0.723. The van der Waals surface area contributed by atoms with Gasteiger partial charge >= 0.3 is 0 Å². The van der Waals surface area contributed by atoms with Gasteiger partial charge in [0.15, 0.2) is 5.96 Å². The van der Waals surface area contributed by atoms with E-state index in [1.165, 1.54) is 6.07 Å². The molecule has 0 bridgehead atoms. The highest BCUT2D eigenvalue weighted by atomic mass is 32.2. The molecule has 1 aromatic carbocycles. The number of nitrogens with one attached hydrogen (secondary N) is 2. The van der Waals surface area contributed by atoms with Crippen molar-refractivity contribution in [3.63, 3.8) is 0 Å². The molecule has 1 aliphatic rings. The molecule has 2 N–H and O–H groups in total. The van der Waals surface area contributed by atoms with Crippen molar-refractivity contribution in [1.29, 1.82) is 0 Å². The van der Waals surface area contributed by atoms with Crippen molar-refractivity contribution in [2.24, 2.45) is 4.99 Å². The van der Waals surface area contributed by atoms with E-state index in [1.807, 2.05) is 23.9 Å². The Morgan fingerprint density at radius 1 is 1.30 bits per heavy atom. The van der Waals surface area contributed by atoms with E-state index in [0.717, 1.165) is 44.1 Å². The van der Waals surface area contributed by atoms with Gasteiger partial charge in [0.1, 0.15) is 5.82 Å². The van der Waals surface area contributed by atoms with Gasteiger partial charge in [0.05, 0.1) is 0 Å². The summed E-state index contributed by atoms with van der Waals surface area (Å²) in [5, 5.41) is 6.66. The number of thioether (sulfide) groups is 1. The van der Waals surface area contributed by atoms with E-state index in [4.69, 9.17) is 4.74 Å². The highest BCUT2D eigenvalue weighted by Crippen LogP contribution is 2.32. The SMILES string of the molecule is CN=C(NCCc1ccccc1F)NCC1(SC)CCOCC1. The van der Waals surface area contributed by atoms with Crippen molar-refractivity contribution in [3.8, 4) is 0 Å². The van der Waals surface area contributed by atoms with Crippen molar-refractivity contribution in [1.82, 2.24) is 10.6 Å². The molecule has 1 aromatic rings. The molecule has 0 radical (unpaired) electrons. The quantitative estimate of drug-likeness (QED) is 0.617. The minimum Gasteiger partial charge on any atom is -0.381 e. The summed E-state index contributed by atoms with van der Waals surface area (Å²) in [7, 11) is 1.76. The normalized spacial score (nSPS) is 17.8. The predicted molar refractivity (Wildman–Crippen MR) is 95.8 cm³/mol. The van der Waals surface area contributed by atoms with Crippen LogP contribution in [0.5, 0.6) is 0 Å². The number of hydrogen-bond donors (Lipinski definition) is 2. The van der Waals surface area contributed by atoms with Gasteiger partial charge in [-0.2, -0.15) is 11.8 Å². The van der Waals surface area contributed by atoms with Crippen LogP contribution in [0.4, 0.5) is 4.39 Å². The van der Waals surface area contributed by atoms with Gasteiger partial charge in [0.2, 0.25) is 0 Å². The average molecular weight is 339 g/mol. The zero-order valence-electron chi connectivity index (χ0n) is 13.9. The number of guanidine groups is 1. The second-order valence-corrected chi connectivity index (χ2v) is 6.97. The molecule has 0 amide bonds. The fraction of sp³-hybridized carbons (Fsp3) is 0.588. The van der Waals surface area contributed by atoms with Crippen LogP contribution in [0.25, 0.3) is 0 Å². The number of halogens is 1. The second kappa shape index (κ2) is 9.13. The van der Waals surface area contributed by atoms with Crippen molar-refractivity contribution >= 4 is 17.7 Å². The molecule has 1 heterocycles. The standard InChI is InChI=1S/C17H26FN3OS/c1-19-16(20-10-7-14-5-3-4-6-15(14)18)21-13-17(23-2)8-11-22-12-9-17/h3-6H,7-13H2,1-2H3,(H2,19,20,21). The average Bonchev–Trinajstić information content (AvgIpc) is 2.60. The van der Waals surface area contributed by atoms with Crippen LogP contribution in [0.3, 0.4) is 0 Å². The Bertz CT molecular complexity index is 518. The maximum Gasteiger partial charge on any atom is 0.191 e. The summed E-state index contributed by atoms with van der Waals surface area (Å²) in [6.45, 7) is 3.15. The minimum atomic E-state index is -0.152. The fourth-order valence-electron chi connectivity index (χ4n) is 2.68. The van der Waals surface area contributed by atoms with Gasteiger partial charge in [-0.3, -0.25) is 4.99 Å². The molecule has 0 unspecified atom stereocenters. The topological polar surface area (TPSA) is 45.7 Å². The molecule has 0 aliphatic carbocycles. The summed E-state index contributed by atoms with van der Waals surface area (Å²) in [5.74, 6) is 0.613.